The van der Waals surface area contributed by atoms with Crippen molar-refractivity contribution in [2.45, 2.75) is 31.3 Å². The van der Waals surface area contributed by atoms with Gasteiger partial charge in [0, 0.05) is 24.5 Å². The molecule has 0 unspecified atom stereocenters. The lowest BCUT2D eigenvalue weighted by Crippen LogP contribution is -2.12. The number of rotatable bonds is 2. The van der Waals surface area contributed by atoms with Gasteiger partial charge in [0.2, 0.25) is 0 Å². The molecule has 0 bridgehead atoms. The predicted molar refractivity (Wildman–Crippen MR) is 66.6 cm³/mol. The Morgan fingerprint density at radius 3 is 2.72 bits per heavy atom. The summed E-state index contributed by atoms with van der Waals surface area (Å²) < 4.78 is 11.2. The van der Waals surface area contributed by atoms with Crippen molar-refractivity contribution in [2.24, 2.45) is 0 Å². The van der Waals surface area contributed by atoms with Gasteiger partial charge in [-0.2, -0.15) is 0 Å². The molecular formula is C13H15ClO4. The van der Waals surface area contributed by atoms with Crippen LogP contribution < -0.4 is 9.47 Å². The Bertz CT molecular complexity index is 482. The average molecular weight is 271 g/mol. The van der Waals surface area contributed by atoms with Crippen LogP contribution in [0.4, 0.5) is 0 Å². The van der Waals surface area contributed by atoms with E-state index in [-0.39, 0.29) is 10.8 Å². The minimum Gasteiger partial charge on any atom is -0.506 e. The van der Waals surface area contributed by atoms with Crippen molar-refractivity contribution in [3.05, 3.63) is 16.7 Å². The summed E-state index contributed by atoms with van der Waals surface area (Å²) in [7, 11) is 0. The van der Waals surface area contributed by atoms with E-state index in [1.54, 1.807) is 6.07 Å². The van der Waals surface area contributed by atoms with E-state index >= 15 is 0 Å². The normalized spacial score (nSPS) is 20.3. The molecule has 0 radical (unpaired) electrons. The minimum atomic E-state index is -0.717. The molecule has 18 heavy (non-hydrogen) atoms. The second-order valence-electron chi connectivity index (χ2n) is 4.96. The zero-order valence-electron chi connectivity index (χ0n) is 9.91. The Labute approximate surface area is 110 Å². The van der Waals surface area contributed by atoms with E-state index in [0.717, 1.165) is 19.3 Å². The molecule has 1 aromatic rings. The van der Waals surface area contributed by atoms with Gasteiger partial charge >= 0.3 is 0 Å². The Morgan fingerprint density at radius 1 is 1.28 bits per heavy atom. The largest absolute Gasteiger partial charge is 0.506 e. The molecule has 5 heteroatoms. The fourth-order valence-electron chi connectivity index (χ4n) is 2.14. The second kappa shape index (κ2) is 4.21. The molecule has 1 heterocycles. The van der Waals surface area contributed by atoms with E-state index in [9.17, 15) is 10.2 Å². The van der Waals surface area contributed by atoms with Gasteiger partial charge in [0.05, 0.1) is 23.8 Å². The summed E-state index contributed by atoms with van der Waals surface area (Å²) in [5.41, 5.74) is -0.162. The summed E-state index contributed by atoms with van der Waals surface area (Å²) in [5, 5.41) is 20.3. The van der Waals surface area contributed by atoms with Gasteiger partial charge < -0.3 is 19.7 Å². The van der Waals surface area contributed by atoms with Gasteiger partial charge in [-0.05, 0) is 12.8 Å². The second-order valence-corrected chi connectivity index (χ2v) is 5.37. The van der Waals surface area contributed by atoms with Crippen LogP contribution in [0.15, 0.2) is 6.07 Å². The van der Waals surface area contributed by atoms with Crippen LogP contribution in [0.2, 0.25) is 5.02 Å². The quantitative estimate of drug-likeness (QED) is 0.866. The van der Waals surface area contributed by atoms with Crippen molar-refractivity contribution in [1.82, 2.24) is 0 Å². The fraction of sp³-hybridized carbons (Fsp3) is 0.538. The molecule has 1 saturated carbocycles. The number of phenols is 1. The number of ether oxygens (including phenoxy) is 2. The van der Waals surface area contributed by atoms with Crippen molar-refractivity contribution in [2.75, 3.05) is 13.2 Å². The number of halogens is 1. The molecule has 0 saturated heterocycles. The van der Waals surface area contributed by atoms with Crippen molar-refractivity contribution in [3.63, 3.8) is 0 Å². The molecular weight excluding hydrogens is 256 g/mol. The van der Waals surface area contributed by atoms with Gasteiger partial charge in [0.25, 0.3) is 0 Å². The molecule has 4 nitrogen and oxygen atoms in total. The summed E-state index contributed by atoms with van der Waals surface area (Å²) in [5.74, 6) is 1.06. The van der Waals surface area contributed by atoms with Crippen LogP contribution in [0, 0.1) is 0 Å². The molecule has 3 rings (SSSR count). The Balaban J connectivity index is 2.05. The molecule has 2 N–H and O–H groups in total. The standard InChI is InChI=1S/C13H15ClO4/c14-9-6-10-12(18-5-1-4-17-10)8(11(9)15)7-13(16)2-3-13/h6,15-16H,1-5,7H2. The first-order valence-corrected chi connectivity index (χ1v) is 6.49. The lowest BCUT2D eigenvalue weighted by Gasteiger charge is -2.17. The number of hydrogen-bond donors (Lipinski definition) is 2. The Hall–Kier alpha value is -1.13. The molecule has 1 aromatic carbocycles. The van der Waals surface area contributed by atoms with E-state index in [1.807, 2.05) is 0 Å². The van der Waals surface area contributed by atoms with Gasteiger partial charge in [-0.1, -0.05) is 11.6 Å². The van der Waals surface area contributed by atoms with Crippen LogP contribution in [0.5, 0.6) is 17.2 Å². The van der Waals surface area contributed by atoms with Crippen LogP contribution >= 0.6 is 11.6 Å². The third kappa shape index (κ3) is 2.10. The van der Waals surface area contributed by atoms with Gasteiger partial charge in [-0.25, -0.2) is 0 Å². The molecule has 0 amide bonds. The Morgan fingerprint density at radius 2 is 2.00 bits per heavy atom. The first-order chi connectivity index (χ1) is 8.59. The van der Waals surface area contributed by atoms with Crippen molar-refractivity contribution < 1.29 is 19.7 Å². The van der Waals surface area contributed by atoms with E-state index in [0.29, 0.717) is 36.7 Å². The number of aromatic hydroxyl groups is 1. The van der Waals surface area contributed by atoms with Crippen LogP contribution in [-0.2, 0) is 6.42 Å². The Kier molecular flexibility index (Phi) is 2.79. The van der Waals surface area contributed by atoms with E-state index in [4.69, 9.17) is 21.1 Å². The van der Waals surface area contributed by atoms with Crippen molar-refractivity contribution in [1.29, 1.82) is 0 Å². The highest BCUT2D eigenvalue weighted by Gasteiger charge is 2.42. The zero-order chi connectivity index (χ0) is 12.8. The maximum absolute atomic E-state index is 10.1. The topological polar surface area (TPSA) is 58.9 Å². The third-order valence-corrected chi connectivity index (χ3v) is 3.68. The molecule has 0 spiro atoms. The SMILES string of the molecule is Oc1c(Cl)cc2c(c1CC1(O)CC1)OCCCO2. The highest BCUT2D eigenvalue weighted by Crippen LogP contribution is 2.48. The fourth-order valence-corrected chi connectivity index (χ4v) is 2.36. The first-order valence-electron chi connectivity index (χ1n) is 6.11. The monoisotopic (exact) mass is 270 g/mol. The molecule has 1 aliphatic carbocycles. The van der Waals surface area contributed by atoms with Gasteiger partial charge in [0.1, 0.15) is 5.75 Å². The average Bonchev–Trinajstić information content (AvgIpc) is 3.09. The van der Waals surface area contributed by atoms with Crippen LogP contribution in [0.25, 0.3) is 0 Å². The number of aliphatic hydroxyl groups is 1. The molecule has 0 atom stereocenters. The third-order valence-electron chi connectivity index (χ3n) is 3.39. The molecule has 0 aromatic heterocycles. The zero-order valence-corrected chi connectivity index (χ0v) is 10.7. The first kappa shape index (κ1) is 11.9. The van der Waals surface area contributed by atoms with Crippen molar-refractivity contribution in [3.8, 4) is 17.2 Å². The smallest absolute Gasteiger partial charge is 0.168 e. The van der Waals surface area contributed by atoms with Gasteiger partial charge in [-0.15, -0.1) is 0 Å². The summed E-state index contributed by atoms with van der Waals surface area (Å²) in [6.07, 6.45) is 2.63. The lowest BCUT2D eigenvalue weighted by atomic mass is 10.0. The molecule has 1 fully saturated rings. The molecule has 1 aliphatic heterocycles. The van der Waals surface area contributed by atoms with E-state index in [2.05, 4.69) is 0 Å². The van der Waals surface area contributed by atoms with Crippen molar-refractivity contribution >= 4 is 11.6 Å². The van der Waals surface area contributed by atoms with Gasteiger partial charge in [-0.3, -0.25) is 0 Å². The van der Waals surface area contributed by atoms with Crippen LogP contribution in [0.3, 0.4) is 0 Å². The maximum atomic E-state index is 10.1. The summed E-state index contributed by atoms with van der Waals surface area (Å²) in [4.78, 5) is 0. The minimum absolute atomic E-state index is 0.0127. The maximum Gasteiger partial charge on any atom is 0.168 e. The predicted octanol–water partition coefficient (Wildman–Crippen LogP) is 2.27. The number of benzene rings is 1. The lowest BCUT2D eigenvalue weighted by molar-refractivity contribution is 0.148. The highest BCUT2D eigenvalue weighted by molar-refractivity contribution is 6.32. The summed E-state index contributed by atoms with van der Waals surface area (Å²) >= 11 is 5.99. The number of phenolic OH excluding ortho intramolecular Hbond substituents is 1. The van der Waals surface area contributed by atoms with E-state index in [1.165, 1.54) is 0 Å². The molecule has 98 valence electrons. The molecule has 2 aliphatic rings. The summed E-state index contributed by atoms with van der Waals surface area (Å²) in [6, 6.07) is 1.57. The number of hydrogen-bond acceptors (Lipinski definition) is 4. The van der Waals surface area contributed by atoms with E-state index < -0.39 is 5.60 Å². The van der Waals surface area contributed by atoms with Crippen LogP contribution in [-0.4, -0.2) is 29.0 Å². The van der Waals surface area contributed by atoms with Gasteiger partial charge in [0.15, 0.2) is 11.5 Å². The highest BCUT2D eigenvalue weighted by atomic mass is 35.5. The summed E-state index contributed by atoms with van der Waals surface area (Å²) in [6.45, 7) is 1.11. The number of fused-ring (bicyclic) bond motifs is 1. The van der Waals surface area contributed by atoms with Crippen LogP contribution in [0.1, 0.15) is 24.8 Å².